The van der Waals surface area contributed by atoms with Crippen molar-refractivity contribution >= 4 is 28.7 Å². The van der Waals surface area contributed by atoms with Crippen molar-refractivity contribution in [1.29, 1.82) is 0 Å². The fraction of sp³-hybridized carbons (Fsp3) is 0.286. The first-order valence-corrected chi connectivity index (χ1v) is 6.98. The number of imidazole rings is 1. The molecule has 5 heteroatoms. The number of rotatable bonds is 5. The van der Waals surface area contributed by atoms with Crippen LogP contribution in [0.4, 0.5) is 0 Å². The number of amides is 1. The Morgan fingerprint density at radius 2 is 2.32 bits per heavy atom. The van der Waals surface area contributed by atoms with Crippen LogP contribution >= 0.6 is 11.8 Å². The summed E-state index contributed by atoms with van der Waals surface area (Å²) < 4.78 is 2.01. The molecule has 0 aliphatic rings. The van der Waals surface area contributed by atoms with E-state index in [1.165, 1.54) is 11.8 Å². The molecule has 0 aliphatic carbocycles. The van der Waals surface area contributed by atoms with Gasteiger partial charge in [-0.15, -0.1) is 6.58 Å². The highest BCUT2D eigenvalue weighted by atomic mass is 32.2. The van der Waals surface area contributed by atoms with Gasteiger partial charge in [0.05, 0.1) is 16.3 Å². The van der Waals surface area contributed by atoms with Crippen LogP contribution in [-0.2, 0) is 11.8 Å². The van der Waals surface area contributed by atoms with Gasteiger partial charge in [0.1, 0.15) is 0 Å². The number of carbonyl (C=O) groups is 1. The molecular formula is C14H17N3OS. The summed E-state index contributed by atoms with van der Waals surface area (Å²) in [6.45, 7) is 5.95. The van der Waals surface area contributed by atoms with Gasteiger partial charge in [-0.05, 0) is 19.1 Å². The van der Waals surface area contributed by atoms with Gasteiger partial charge in [-0.2, -0.15) is 0 Å². The zero-order chi connectivity index (χ0) is 13.8. The van der Waals surface area contributed by atoms with Gasteiger partial charge in [0, 0.05) is 13.6 Å². The molecule has 1 unspecified atom stereocenters. The van der Waals surface area contributed by atoms with Gasteiger partial charge in [0.15, 0.2) is 5.16 Å². The first kappa shape index (κ1) is 13.7. The maximum absolute atomic E-state index is 11.8. The van der Waals surface area contributed by atoms with Gasteiger partial charge in [-0.25, -0.2) is 4.98 Å². The normalized spacial score (nSPS) is 12.3. The number of benzene rings is 1. The van der Waals surface area contributed by atoms with Gasteiger partial charge in [0.25, 0.3) is 0 Å². The Labute approximate surface area is 116 Å². The molecule has 1 aromatic carbocycles. The Bertz CT molecular complexity index is 606. The minimum atomic E-state index is -0.185. The number of aromatic nitrogens is 2. The van der Waals surface area contributed by atoms with E-state index >= 15 is 0 Å². The lowest BCUT2D eigenvalue weighted by atomic mass is 10.3. The van der Waals surface area contributed by atoms with Crippen LogP contribution < -0.4 is 5.32 Å². The third-order valence-corrected chi connectivity index (χ3v) is 3.96. The van der Waals surface area contributed by atoms with Crippen LogP contribution in [0.1, 0.15) is 6.92 Å². The molecule has 0 saturated carbocycles. The average molecular weight is 275 g/mol. The van der Waals surface area contributed by atoms with Gasteiger partial charge in [-0.3, -0.25) is 4.79 Å². The SMILES string of the molecule is C=CCNC(=O)C(C)Sc1nc2ccccc2n1C. The third kappa shape index (κ3) is 2.98. The molecule has 100 valence electrons. The van der Waals surface area contributed by atoms with Gasteiger partial charge >= 0.3 is 0 Å². The predicted octanol–water partition coefficient (Wildman–Crippen LogP) is 2.36. The van der Waals surface area contributed by atoms with Crippen LogP contribution in [0.3, 0.4) is 0 Å². The van der Waals surface area contributed by atoms with Crippen molar-refractivity contribution in [3.8, 4) is 0 Å². The lowest BCUT2D eigenvalue weighted by Crippen LogP contribution is -2.31. The van der Waals surface area contributed by atoms with E-state index < -0.39 is 0 Å². The van der Waals surface area contributed by atoms with Crippen molar-refractivity contribution in [2.75, 3.05) is 6.54 Å². The molecule has 2 rings (SSSR count). The maximum atomic E-state index is 11.8. The van der Waals surface area contributed by atoms with Gasteiger partial charge in [0.2, 0.25) is 5.91 Å². The van der Waals surface area contributed by atoms with Crippen LogP contribution in [0.2, 0.25) is 0 Å². The smallest absolute Gasteiger partial charge is 0.233 e. The average Bonchev–Trinajstić information content (AvgIpc) is 2.73. The first-order chi connectivity index (χ1) is 9.13. The van der Waals surface area contributed by atoms with Gasteiger partial charge in [-0.1, -0.05) is 30.0 Å². The molecular weight excluding hydrogens is 258 g/mol. The number of thioether (sulfide) groups is 1. The molecule has 1 amide bonds. The number of para-hydroxylation sites is 2. The molecule has 0 fully saturated rings. The van der Waals surface area contributed by atoms with E-state index in [1.807, 2.05) is 42.8 Å². The second-order valence-corrected chi connectivity index (χ2v) is 5.54. The van der Waals surface area contributed by atoms with Crippen molar-refractivity contribution in [1.82, 2.24) is 14.9 Å². The molecule has 1 aromatic heterocycles. The van der Waals surface area contributed by atoms with E-state index in [-0.39, 0.29) is 11.2 Å². The standard InChI is InChI=1S/C14H17N3OS/c1-4-9-15-13(18)10(2)19-14-16-11-7-5-6-8-12(11)17(14)3/h4-8,10H,1,9H2,2-3H3,(H,15,18). The van der Waals surface area contributed by atoms with Gasteiger partial charge < -0.3 is 9.88 Å². The van der Waals surface area contributed by atoms with E-state index in [2.05, 4.69) is 16.9 Å². The Kier molecular flexibility index (Phi) is 4.27. The number of aryl methyl sites for hydroxylation is 1. The van der Waals surface area contributed by atoms with Crippen LogP contribution in [0.5, 0.6) is 0 Å². The maximum Gasteiger partial charge on any atom is 0.233 e. The second kappa shape index (κ2) is 5.93. The van der Waals surface area contributed by atoms with E-state index in [4.69, 9.17) is 0 Å². The Balaban J connectivity index is 2.14. The number of nitrogens with zero attached hydrogens (tertiary/aromatic N) is 2. The summed E-state index contributed by atoms with van der Waals surface area (Å²) in [6.07, 6.45) is 1.67. The highest BCUT2D eigenvalue weighted by molar-refractivity contribution is 8.00. The summed E-state index contributed by atoms with van der Waals surface area (Å²) in [5.41, 5.74) is 2.02. The number of carbonyl (C=O) groups excluding carboxylic acids is 1. The zero-order valence-corrected chi connectivity index (χ0v) is 11.9. The molecule has 0 radical (unpaired) electrons. The lowest BCUT2D eigenvalue weighted by molar-refractivity contribution is -0.120. The van der Waals surface area contributed by atoms with E-state index in [1.54, 1.807) is 6.08 Å². The van der Waals surface area contributed by atoms with Crippen molar-refractivity contribution < 1.29 is 4.79 Å². The summed E-state index contributed by atoms with van der Waals surface area (Å²) in [5, 5.41) is 3.46. The van der Waals surface area contributed by atoms with Crippen LogP contribution in [-0.4, -0.2) is 27.3 Å². The highest BCUT2D eigenvalue weighted by Crippen LogP contribution is 2.25. The number of fused-ring (bicyclic) bond motifs is 1. The van der Waals surface area contributed by atoms with Crippen molar-refractivity contribution in [3.05, 3.63) is 36.9 Å². The first-order valence-electron chi connectivity index (χ1n) is 6.10. The van der Waals surface area contributed by atoms with Crippen molar-refractivity contribution in [2.24, 2.45) is 7.05 Å². The molecule has 0 bridgehead atoms. The fourth-order valence-corrected chi connectivity index (χ4v) is 2.67. The fourth-order valence-electron chi connectivity index (χ4n) is 1.76. The van der Waals surface area contributed by atoms with E-state index in [0.717, 1.165) is 16.2 Å². The molecule has 1 N–H and O–H groups in total. The minimum Gasteiger partial charge on any atom is -0.352 e. The molecule has 19 heavy (non-hydrogen) atoms. The summed E-state index contributed by atoms with van der Waals surface area (Å²) in [6, 6.07) is 7.94. The van der Waals surface area contributed by atoms with E-state index in [9.17, 15) is 4.79 Å². The number of nitrogens with one attached hydrogen (secondary N) is 1. The zero-order valence-electron chi connectivity index (χ0n) is 11.1. The third-order valence-electron chi connectivity index (χ3n) is 2.82. The monoisotopic (exact) mass is 275 g/mol. The van der Waals surface area contributed by atoms with Crippen LogP contribution in [0.15, 0.2) is 42.1 Å². The van der Waals surface area contributed by atoms with Crippen LogP contribution in [0, 0.1) is 0 Å². The Morgan fingerprint density at radius 1 is 1.58 bits per heavy atom. The molecule has 4 nitrogen and oxygen atoms in total. The highest BCUT2D eigenvalue weighted by Gasteiger charge is 2.17. The quantitative estimate of drug-likeness (QED) is 0.673. The topological polar surface area (TPSA) is 46.9 Å². The summed E-state index contributed by atoms with van der Waals surface area (Å²) in [7, 11) is 1.96. The predicted molar refractivity (Wildman–Crippen MR) is 79.2 cm³/mol. The summed E-state index contributed by atoms with van der Waals surface area (Å²) >= 11 is 1.46. The molecule has 0 saturated heterocycles. The summed E-state index contributed by atoms with van der Waals surface area (Å²) in [4.78, 5) is 16.4. The minimum absolute atomic E-state index is 0.00282. The summed E-state index contributed by atoms with van der Waals surface area (Å²) in [5.74, 6) is -0.00282. The van der Waals surface area contributed by atoms with E-state index in [0.29, 0.717) is 6.54 Å². The molecule has 1 heterocycles. The lowest BCUT2D eigenvalue weighted by Gasteiger charge is -2.10. The molecule has 2 aromatic rings. The van der Waals surface area contributed by atoms with Crippen LogP contribution in [0.25, 0.3) is 11.0 Å². The Morgan fingerprint density at radius 3 is 3.00 bits per heavy atom. The molecule has 0 aliphatic heterocycles. The second-order valence-electron chi connectivity index (χ2n) is 4.24. The number of hydrogen-bond donors (Lipinski definition) is 1. The Hall–Kier alpha value is -1.75. The van der Waals surface area contributed by atoms with Crippen molar-refractivity contribution in [2.45, 2.75) is 17.3 Å². The molecule has 0 spiro atoms. The molecule has 1 atom stereocenters. The number of hydrogen-bond acceptors (Lipinski definition) is 3. The van der Waals surface area contributed by atoms with Crippen molar-refractivity contribution in [3.63, 3.8) is 0 Å². The largest absolute Gasteiger partial charge is 0.352 e.